The third-order valence-corrected chi connectivity index (χ3v) is 2.43. The number of halogens is 1. The van der Waals surface area contributed by atoms with E-state index in [-0.39, 0.29) is 0 Å². The predicted molar refractivity (Wildman–Crippen MR) is 60.4 cm³/mol. The Morgan fingerprint density at radius 3 is 2.71 bits per heavy atom. The molecule has 0 unspecified atom stereocenters. The predicted octanol–water partition coefficient (Wildman–Crippen LogP) is 2.15. The fraction of sp³-hybridized carbons (Fsp3) is 0.462. The van der Waals surface area contributed by atoms with Crippen LogP contribution in [-0.2, 0) is 0 Å². The summed E-state index contributed by atoms with van der Waals surface area (Å²) in [7, 11) is 0. The first-order chi connectivity index (χ1) is 8.15. The van der Waals surface area contributed by atoms with E-state index in [4.69, 9.17) is 4.74 Å². The molecule has 1 rings (SSSR count). The van der Waals surface area contributed by atoms with Gasteiger partial charge in [-0.15, -0.1) is 0 Å². The van der Waals surface area contributed by atoms with E-state index in [0.717, 1.165) is 37.8 Å². The van der Waals surface area contributed by atoms with Crippen LogP contribution in [0.1, 0.15) is 43.0 Å². The molecule has 1 aromatic rings. The second-order valence-corrected chi connectivity index (χ2v) is 3.84. The van der Waals surface area contributed by atoms with Crippen LogP contribution in [0.25, 0.3) is 0 Å². The van der Waals surface area contributed by atoms with Crippen LogP contribution < -0.4 is 9.84 Å². The molecular weight excluding hydrogens is 223 g/mol. The highest BCUT2D eigenvalue weighted by molar-refractivity contribution is 5.86. The molecule has 94 valence electrons. The van der Waals surface area contributed by atoms with Crippen LogP contribution in [0.2, 0.25) is 0 Å². The largest absolute Gasteiger partial charge is 0.545 e. The van der Waals surface area contributed by atoms with Crippen molar-refractivity contribution in [2.24, 2.45) is 0 Å². The fourth-order valence-electron chi connectivity index (χ4n) is 1.47. The number of hydrogen-bond donors (Lipinski definition) is 0. The minimum absolute atomic E-state index is 0.351. The molecule has 0 radical (unpaired) electrons. The minimum atomic E-state index is -1.52. The molecule has 0 saturated carbocycles. The number of rotatable bonds is 7. The third-order valence-electron chi connectivity index (χ3n) is 2.43. The summed E-state index contributed by atoms with van der Waals surface area (Å²) in [6, 6.07) is 3.67. The lowest BCUT2D eigenvalue weighted by atomic mass is 10.2. The second kappa shape index (κ2) is 6.89. The van der Waals surface area contributed by atoms with E-state index >= 15 is 0 Å². The third kappa shape index (κ3) is 4.43. The van der Waals surface area contributed by atoms with Crippen LogP contribution in [0.3, 0.4) is 0 Å². The van der Waals surface area contributed by atoms with Gasteiger partial charge in [0.1, 0.15) is 11.6 Å². The topological polar surface area (TPSA) is 49.4 Å². The number of hydrogen-bond acceptors (Lipinski definition) is 3. The highest BCUT2D eigenvalue weighted by Crippen LogP contribution is 2.16. The number of carboxylic acids is 1. The Bertz CT molecular complexity index is 377. The van der Waals surface area contributed by atoms with E-state index in [1.807, 2.05) is 0 Å². The molecule has 0 bridgehead atoms. The number of carboxylic acid groups (broad SMARTS) is 1. The van der Waals surface area contributed by atoms with Gasteiger partial charge in [-0.2, -0.15) is 0 Å². The van der Waals surface area contributed by atoms with Crippen LogP contribution in [0, 0.1) is 5.82 Å². The summed E-state index contributed by atoms with van der Waals surface area (Å²) in [6.45, 7) is 2.64. The Morgan fingerprint density at radius 1 is 1.35 bits per heavy atom. The summed E-state index contributed by atoms with van der Waals surface area (Å²) in [5, 5.41) is 10.5. The first-order valence-corrected chi connectivity index (χ1v) is 5.79. The van der Waals surface area contributed by atoms with Crippen molar-refractivity contribution in [1.29, 1.82) is 0 Å². The molecule has 0 saturated heterocycles. The van der Waals surface area contributed by atoms with E-state index in [2.05, 4.69) is 6.92 Å². The van der Waals surface area contributed by atoms with Gasteiger partial charge in [-0.1, -0.05) is 26.2 Å². The smallest absolute Gasteiger partial charge is 0.135 e. The van der Waals surface area contributed by atoms with E-state index in [0.29, 0.717) is 12.4 Å². The SMILES string of the molecule is CCCCCCOc1ccc(C(=O)[O-])c(F)c1. The van der Waals surface area contributed by atoms with Gasteiger partial charge >= 0.3 is 0 Å². The molecule has 0 aromatic heterocycles. The average molecular weight is 239 g/mol. The van der Waals surface area contributed by atoms with Crippen LogP contribution in [0.15, 0.2) is 18.2 Å². The van der Waals surface area contributed by atoms with Gasteiger partial charge < -0.3 is 14.6 Å². The Balaban J connectivity index is 2.45. The zero-order valence-electron chi connectivity index (χ0n) is 9.87. The van der Waals surface area contributed by atoms with E-state index < -0.39 is 17.3 Å². The number of carbonyl (C=O) groups is 1. The summed E-state index contributed by atoms with van der Waals surface area (Å²) >= 11 is 0. The van der Waals surface area contributed by atoms with Gasteiger partial charge in [-0.25, -0.2) is 4.39 Å². The molecule has 0 aliphatic carbocycles. The molecule has 0 atom stereocenters. The van der Waals surface area contributed by atoms with Gasteiger partial charge in [0.15, 0.2) is 0 Å². The van der Waals surface area contributed by atoms with Crippen molar-refractivity contribution in [2.45, 2.75) is 32.6 Å². The first-order valence-electron chi connectivity index (χ1n) is 5.79. The Morgan fingerprint density at radius 2 is 2.12 bits per heavy atom. The fourth-order valence-corrected chi connectivity index (χ4v) is 1.47. The number of aromatic carboxylic acids is 1. The Hall–Kier alpha value is -1.58. The van der Waals surface area contributed by atoms with E-state index in [1.54, 1.807) is 0 Å². The monoisotopic (exact) mass is 239 g/mol. The van der Waals surface area contributed by atoms with Crippen molar-refractivity contribution in [1.82, 2.24) is 0 Å². The van der Waals surface area contributed by atoms with Crippen molar-refractivity contribution in [3.63, 3.8) is 0 Å². The summed E-state index contributed by atoms with van der Waals surface area (Å²) in [4.78, 5) is 10.5. The van der Waals surface area contributed by atoms with Crippen LogP contribution in [0.5, 0.6) is 5.75 Å². The summed E-state index contributed by atoms with van der Waals surface area (Å²) in [6.07, 6.45) is 4.30. The number of ether oxygens (including phenoxy) is 1. The molecule has 0 N–H and O–H groups in total. The highest BCUT2D eigenvalue weighted by atomic mass is 19.1. The quantitative estimate of drug-likeness (QED) is 0.685. The molecule has 17 heavy (non-hydrogen) atoms. The molecule has 3 nitrogen and oxygen atoms in total. The minimum Gasteiger partial charge on any atom is -0.545 e. The molecule has 0 aliphatic heterocycles. The maximum Gasteiger partial charge on any atom is 0.135 e. The van der Waals surface area contributed by atoms with Crippen molar-refractivity contribution >= 4 is 5.97 Å². The van der Waals surface area contributed by atoms with Crippen LogP contribution >= 0.6 is 0 Å². The second-order valence-electron chi connectivity index (χ2n) is 3.84. The molecule has 0 aliphatic rings. The van der Waals surface area contributed by atoms with Gasteiger partial charge in [0.25, 0.3) is 0 Å². The van der Waals surface area contributed by atoms with Gasteiger partial charge in [0.05, 0.1) is 12.6 Å². The highest BCUT2D eigenvalue weighted by Gasteiger charge is 2.04. The maximum absolute atomic E-state index is 13.2. The van der Waals surface area contributed by atoms with Crippen molar-refractivity contribution in [2.75, 3.05) is 6.61 Å². The molecule has 0 spiro atoms. The maximum atomic E-state index is 13.2. The van der Waals surface area contributed by atoms with Gasteiger partial charge in [-0.3, -0.25) is 0 Å². The normalized spacial score (nSPS) is 10.2. The summed E-state index contributed by atoms with van der Waals surface area (Å²) in [5.74, 6) is -1.99. The first kappa shape index (κ1) is 13.5. The lowest BCUT2D eigenvalue weighted by molar-refractivity contribution is -0.255. The van der Waals surface area contributed by atoms with Crippen molar-refractivity contribution < 1.29 is 19.0 Å². The summed E-state index contributed by atoms with van der Waals surface area (Å²) < 4.78 is 18.5. The van der Waals surface area contributed by atoms with Crippen LogP contribution in [-0.4, -0.2) is 12.6 Å². The zero-order chi connectivity index (χ0) is 12.7. The molecule has 0 amide bonds. The number of carbonyl (C=O) groups excluding carboxylic acids is 1. The number of benzene rings is 1. The average Bonchev–Trinajstić information content (AvgIpc) is 2.28. The lowest BCUT2D eigenvalue weighted by Crippen LogP contribution is -2.23. The lowest BCUT2D eigenvalue weighted by Gasteiger charge is -2.08. The van der Waals surface area contributed by atoms with Crippen molar-refractivity contribution in [3.8, 4) is 5.75 Å². The Kier molecular flexibility index (Phi) is 5.46. The van der Waals surface area contributed by atoms with Gasteiger partial charge in [-0.05, 0) is 18.6 Å². The summed E-state index contributed by atoms with van der Waals surface area (Å²) in [5.41, 5.74) is -0.441. The molecular formula is C13H16FO3-. The zero-order valence-corrected chi connectivity index (χ0v) is 9.87. The molecule has 4 heteroatoms. The molecule has 1 aromatic carbocycles. The van der Waals surface area contributed by atoms with Gasteiger partial charge in [0, 0.05) is 11.6 Å². The van der Waals surface area contributed by atoms with E-state index in [1.165, 1.54) is 6.07 Å². The van der Waals surface area contributed by atoms with Gasteiger partial charge in [0.2, 0.25) is 0 Å². The molecule has 0 heterocycles. The van der Waals surface area contributed by atoms with E-state index in [9.17, 15) is 14.3 Å². The molecule has 0 fully saturated rings. The van der Waals surface area contributed by atoms with Crippen molar-refractivity contribution in [3.05, 3.63) is 29.6 Å². The Labute approximate surface area is 100 Å². The standard InChI is InChI=1S/C13H17FO3/c1-2-3-4-5-8-17-10-6-7-11(13(15)16)12(14)9-10/h6-7,9H,2-5,8H2,1H3,(H,15,16)/p-1. The number of unbranched alkanes of at least 4 members (excludes halogenated alkanes) is 3. The van der Waals surface area contributed by atoms with Crippen LogP contribution in [0.4, 0.5) is 4.39 Å².